The number of ether oxygens (including phenoxy) is 2. The van der Waals surface area contributed by atoms with E-state index in [0.717, 1.165) is 5.56 Å². The maximum Gasteiger partial charge on any atom is 0.450 e. The van der Waals surface area contributed by atoms with Gasteiger partial charge >= 0.3 is 6.18 Å². The Labute approximate surface area is 213 Å². The molecule has 1 aliphatic rings. The van der Waals surface area contributed by atoms with Gasteiger partial charge in [0.25, 0.3) is 0 Å². The van der Waals surface area contributed by atoms with Gasteiger partial charge in [-0.2, -0.15) is 13.2 Å². The van der Waals surface area contributed by atoms with E-state index in [-0.39, 0.29) is 35.6 Å². The van der Waals surface area contributed by atoms with Gasteiger partial charge in [-0.3, -0.25) is 9.69 Å². The van der Waals surface area contributed by atoms with Gasteiger partial charge in [-0.1, -0.05) is 47.5 Å². The molecule has 0 atom stereocenters. The molecule has 2 heterocycles. The summed E-state index contributed by atoms with van der Waals surface area (Å²) < 4.78 is 59.1. The fourth-order valence-corrected chi connectivity index (χ4v) is 4.77. The third-order valence-electron chi connectivity index (χ3n) is 5.95. The molecule has 10 heteroatoms. The van der Waals surface area contributed by atoms with Crippen LogP contribution in [0, 0.1) is 0 Å². The summed E-state index contributed by atoms with van der Waals surface area (Å²) in [5.74, 6) is -0.917. The molecule has 0 unspecified atom stereocenters. The van der Waals surface area contributed by atoms with Crippen molar-refractivity contribution in [1.82, 2.24) is 4.90 Å². The van der Waals surface area contributed by atoms with Crippen molar-refractivity contribution in [3.8, 4) is 22.6 Å². The van der Waals surface area contributed by atoms with Crippen molar-refractivity contribution in [2.24, 2.45) is 0 Å². The van der Waals surface area contributed by atoms with E-state index in [4.69, 9.17) is 37.1 Å². The zero-order valence-electron chi connectivity index (χ0n) is 18.8. The van der Waals surface area contributed by atoms with Crippen molar-refractivity contribution < 1.29 is 27.1 Å². The third kappa shape index (κ3) is 4.40. The van der Waals surface area contributed by atoms with E-state index in [1.54, 1.807) is 30.3 Å². The van der Waals surface area contributed by atoms with E-state index in [9.17, 15) is 18.0 Å². The predicted octanol–water partition coefficient (Wildman–Crippen LogP) is 7.15. The first kappa shape index (κ1) is 24.5. The first-order chi connectivity index (χ1) is 17.2. The largest absolute Gasteiger partial charge is 0.496 e. The van der Waals surface area contributed by atoms with Gasteiger partial charge in [-0.25, -0.2) is 0 Å². The monoisotopic (exact) mass is 535 g/mol. The average Bonchev–Trinajstić information content (AvgIpc) is 2.85. The number of nitrogens with zero attached hydrogens (tertiary/aromatic N) is 1. The Hall–Kier alpha value is -3.20. The molecule has 0 saturated carbocycles. The average molecular weight is 536 g/mol. The highest BCUT2D eigenvalue weighted by Crippen LogP contribution is 2.42. The number of fused-ring (bicyclic) bond motifs is 3. The van der Waals surface area contributed by atoms with Gasteiger partial charge in [0.15, 0.2) is 0 Å². The molecular weight excluding hydrogens is 518 g/mol. The number of para-hydroxylation sites is 1. The van der Waals surface area contributed by atoms with Crippen molar-refractivity contribution in [2.45, 2.75) is 19.3 Å². The van der Waals surface area contributed by atoms with Gasteiger partial charge in [-0.15, -0.1) is 0 Å². The van der Waals surface area contributed by atoms with Crippen LogP contribution in [0.15, 0.2) is 63.8 Å². The third-order valence-corrected chi connectivity index (χ3v) is 6.53. The van der Waals surface area contributed by atoms with Crippen LogP contribution in [0.3, 0.4) is 0 Å². The molecule has 186 valence electrons. The molecule has 0 aliphatic carbocycles. The van der Waals surface area contributed by atoms with Gasteiger partial charge < -0.3 is 13.9 Å². The lowest BCUT2D eigenvalue weighted by Crippen LogP contribution is -2.32. The second kappa shape index (κ2) is 9.35. The lowest BCUT2D eigenvalue weighted by atomic mass is 9.99. The Kier molecular flexibility index (Phi) is 6.36. The van der Waals surface area contributed by atoms with Crippen molar-refractivity contribution >= 4 is 34.2 Å². The number of benzene rings is 3. The molecular formula is C26H18Cl2F3NO4. The zero-order valence-corrected chi connectivity index (χ0v) is 20.3. The first-order valence-electron chi connectivity index (χ1n) is 10.8. The van der Waals surface area contributed by atoms with Crippen LogP contribution in [-0.4, -0.2) is 18.7 Å². The second-order valence-electron chi connectivity index (χ2n) is 8.25. The van der Waals surface area contributed by atoms with E-state index in [0.29, 0.717) is 27.9 Å². The summed E-state index contributed by atoms with van der Waals surface area (Å²) in [4.78, 5) is 15.3. The highest BCUT2D eigenvalue weighted by atomic mass is 35.5. The fourth-order valence-electron chi connectivity index (χ4n) is 4.30. The van der Waals surface area contributed by atoms with Gasteiger partial charge in [0.2, 0.25) is 11.2 Å². The molecule has 1 aromatic heterocycles. The number of methoxy groups -OCH3 is 1. The number of rotatable bonds is 4. The summed E-state index contributed by atoms with van der Waals surface area (Å²) in [6, 6.07) is 14.1. The number of hydrogen-bond acceptors (Lipinski definition) is 5. The highest BCUT2D eigenvalue weighted by molar-refractivity contribution is 6.35. The second-order valence-corrected chi connectivity index (χ2v) is 9.09. The Morgan fingerprint density at radius 3 is 2.58 bits per heavy atom. The van der Waals surface area contributed by atoms with E-state index in [2.05, 4.69) is 0 Å². The van der Waals surface area contributed by atoms with E-state index < -0.39 is 22.9 Å². The molecule has 0 bridgehead atoms. The first-order valence-corrected chi connectivity index (χ1v) is 11.6. The Morgan fingerprint density at radius 1 is 1.08 bits per heavy atom. The van der Waals surface area contributed by atoms with E-state index in [1.807, 2.05) is 4.90 Å². The lowest BCUT2D eigenvalue weighted by Gasteiger charge is -2.29. The highest BCUT2D eigenvalue weighted by Gasteiger charge is 2.40. The Bertz CT molecular complexity index is 1530. The summed E-state index contributed by atoms with van der Waals surface area (Å²) in [5.41, 5.74) is -0.476. The quantitative estimate of drug-likeness (QED) is 0.278. The van der Waals surface area contributed by atoms with Crippen LogP contribution in [0.4, 0.5) is 13.2 Å². The molecule has 4 aromatic rings. The van der Waals surface area contributed by atoms with Crippen LogP contribution in [0.5, 0.6) is 11.5 Å². The number of halogens is 5. The van der Waals surface area contributed by atoms with Crippen molar-refractivity contribution in [1.29, 1.82) is 0 Å². The van der Waals surface area contributed by atoms with Crippen LogP contribution >= 0.6 is 23.2 Å². The topological polar surface area (TPSA) is 51.9 Å². The standard InChI is InChI=1S/C26H18Cl2F3NO4/c1-34-20-5-3-2-4-16(20)22-23(33)17-8-9-21-18(24(17)36-25(22)26(29,30)31)12-32(13-35-21)11-14-6-7-15(27)10-19(14)28/h2-10H,11-13H2,1H3. The molecule has 0 saturated heterocycles. The SMILES string of the molecule is COc1ccccc1-c1c(C(F)(F)F)oc2c3c(ccc2c1=O)OCN(Cc1ccc(Cl)cc1Cl)C3. The minimum Gasteiger partial charge on any atom is -0.496 e. The maximum absolute atomic E-state index is 14.2. The minimum absolute atomic E-state index is 0.00375. The zero-order chi connectivity index (χ0) is 25.6. The number of alkyl halides is 3. The minimum atomic E-state index is -4.93. The predicted molar refractivity (Wildman–Crippen MR) is 131 cm³/mol. The molecule has 0 radical (unpaired) electrons. The fraction of sp³-hybridized carbons (Fsp3) is 0.192. The molecule has 0 fully saturated rings. The van der Waals surface area contributed by atoms with Crippen LogP contribution < -0.4 is 14.9 Å². The molecule has 5 rings (SSSR count). The van der Waals surface area contributed by atoms with Crippen LogP contribution in [0.25, 0.3) is 22.1 Å². The molecule has 0 N–H and O–H groups in total. The Morgan fingerprint density at radius 2 is 1.86 bits per heavy atom. The normalized spacial score (nSPS) is 13.9. The summed E-state index contributed by atoms with van der Waals surface area (Å²) in [7, 11) is 1.32. The summed E-state index contributed by atoms with van der Waals surface area (Å²) in [6.45, 7) is 0.703. The molecule has 36 heavy (non-hydrogen) atoms. The number of hydrogen-bond donors (Lipinski definition) is 0. The van der Waals surface area contributed by atoms with E-state index >= 15 is 0 Å². The van der Waals surface area contributed by atoms with Crippen molar-refractivity contribution in [3.63, 3.8) is 0 Å². The van der Waals surface area contributed by atoms with Gasteiger partial charge in [-0.05, 0) is 35.9 Å². The maximum atomic E-state index is 14.2. The van der Waals surface area contributed by atoms with Gasteiger partial charge in [0, 0.05) is 28.7 Å². The molecule has 5 nitrogen and oxygen atoms in total. The van der Waals surface area contributed by atoms with Crippen LogP contribution in [0.1, 0.15) is 16.9 Å². The summed E-state index contributed by atoms with van der Waals surface area (Å²) in [5, 5.41) is 0.957. The molecule has 0 amide bonds. The van der Waals surface area contributed by atoms with Crippen molar-refractivity contribution in [3.05, 3.63) is 91.8 Å². The van der Waals surface area contributed by atoms with Crippen molar-refractivity contribution in [2.75, 3.05) is 13.8 Å². The lowest BCUT2D eigenvalue weighted by molar-refractivity contribution is -0.152. The molecule has 1 aliphatic heterocycles. The summed E-state index contributed by atoms with van der Waals surface area (Å²) >= 11 is 12.3. The molecule has 0 spiro atoms. The molecule has 3 aromatic carbocycles. The van der Waals surface area contributed by atoms with E-state index in [1.165, 1.54) is 31.4 Å². The smallest absolute Gasteiger partial charge is 0.450 e. The van der Waals surface area contributed by atoms with Gasteiger partial charge in [0.05, 0.1) is 23.6 Å². The van der Waals surface area contributed by atoms with Crippen LogP contribution in [0.2, 0.25) is 10.0 Å². The van der Waals surface area contributed by atoms with Crippen LogP contribution in [-0.2, 0) is 19.3 Å². The summed E-state index contributed by atoms with van der Waals surface area (Å²) in [6.07, 6.45) is -4.93. The van der Waals surface area contributed by atoms with Gasteiger partial charge in [0.1, 0.15) is 23.8 Å². The Balaban J connectivity index is 1.66.